The molecule has 0 aliphatic rings. The number of phenolic OH excluding ortho intramolecular Hbond substituents is 1. The van der Waals surface area contributed by atoms with Gasteiger partial charge >= 0.3 is 5.63 Å². The number of phenols is 1. The van der Waals surface area contributed by atoms with Gasteiger partial charge in [-0.25, -0.2) is 4.79 Å². The summed E-state index contributed by atoms with van der Waals surface area (Å²) in [6.07, 6.45) is 0. The van der Waals surface area contributed by atoms with E-state index in [-0.39, 0.29) is 17.0 Å². The predicted octanol–water partition coefficient (Wildman–Crippen LogP) is 4.98. The van der Waals surface area contributed by atoms with E-state index >= 15 is 0 Å². The monoisotopic (exact) mass is 358 g/mol. The first kappa shape index (κ1) is 14.5. The molecule has 1 heterocycles. The van der Waals surface area contributed by atoms with Crippen molar-refractivity contribution in [1.82, 2.24) is 0 Å². The molecular formula is C16H11BrN2O3. The van der Waals surface area contributed by atoms with Crippen LogP contribution in [0.2, 0.25) is 0 Å². The Labute approximate surface area is 134 Å². The van der Waals surface area contributed by atoms with Crippen molar-refractivity contribution in [1.29, 1.82) is 0 Å². The van der Waals surface area contributed by atoms with Gasteiger partial charge in [0.15, 0.2) is 11.3 Å². The van der Waals surface area contributed by atoms with Gasteiger partial charge in [0.2, 0.25) is 0 Å². The van der Waals surface area contributed by atoms with E-state index in [0.717, 1.165) is 10.0 Å². The summed E-state index contributed by atoms with van der Waals surface area (Å²) < 4.78 is 6.12. The minimum absolute atomic E-state index is 0.0953. The second-order valence-corrected chi connectivity index (χ2v) is 5.65. The maximum absolute atomic E-state index is 11.6. The molecule has 6 heteroatoms. The molecule has 1 N–H and O–H groups in total. The SMILES string of the molecule is Cc1cc(=O)oc2c(N=Nc3ccc(Br)cc3)c(O)ccc12. The Bertz CT molecular complexity index is 931. The first-order valence-electron chi connectivity index (χ1n) is 6.48. The van der Waals surface area contributed by atoms with Gasteiger partial charge in [-0.05, 0) is 48.9 Å². The minimum atomic E-state index is -0.490. The zero-order chi connectivity index (χ0) is 15.7. The summed E-state index contributed by atoms with van der Waals surface area (Å²) in [7, 11) is 0. The number of hydrogen-bond acceptors (Lipinski definition) is 5. The molecule has 3 rings (SSSR count). The van der Waals surface area contributed by atoms with Gasteiger partial charge in [0.1, 0.15) is 5.75 Å². The molecule has 0 spiro atoms. The Morgan fingerprint density at radius 2 is 1.82 bits per heavy atom. The average molecular weight is 359 g/mol. The summed E-state index contributed by atoms with van der Waals surface area (Å²) in [4.78, 5) is 11.6. The summed E-state index contributed by atoms with van der Waals surface area (Å²) >= 11 is 3.34. The lowest BCUT2D eigenvalue weighted by atomic mass is 10.1. The van der Waals surface area contributed by atoms with Crippen LogP contribution in [0.5, 0.6) is 5.75 Å². The van der Waals surface area contributed by atoms with Crippen molar-refractivity contribution in [3.8, 4) is 5.75 Å². The zero-order valence-electron chi connectivity index (χ0n) is 11.6. The van der Waals surface area contributed by atoms with Gasteiger partial charge in [0.25, 0.3) is 0 Å². The average Bonchev–Trinajstić information content (AvgIpc) is 2.47. The van der Waals surface area contributed by atoms with E-state index < -0.39 is 5.63 Å². The summed E-state index contributed by atoms with van der Waals surface area (Å²) in [5, 5.41) is 18.8. The van der Waals surface area contributed by atoms with Gasteiger partial charge in [-0.2, -0.15) is 5.11 Å². The molecule has 2 aromatic carbocycles. The van der Waals surface area contributed by atoms with Gasteiger partial charge < -0.3 is 9.52 Å². The molecule has 110 valence electrons. The number of azo groups is 1. The van der Waals surface area contributed by atoms with E-state index in [1.165, 1.54) is 12.1 Å². The highest BCUT2D eigenvalue weighted by Crippen LogP contribution is 2.36. The first-order chi connectivity index (χ1) is 10.5. The lowest BCUT2D eigenvalue weighted by Gasteiger charge is -2.04. The van der Waals surface area contributed by atoms with E-state index in [4.69, 9.17) is 4.42 Å². The van der Waals surface area contributed by atoms with Crippen molar-refractivity contribution in [2.24, 2.45) is 10.2 Å². The third kappa shape index (κ3) is 2.78. The van der Waals surface area contributed by atoms with Crippen LogP contribution in [0.1, 0.15) is 5.56 Å². The van der Waals surface area contributed by atoms with E-state index in [0.29, 0.717) is 11.1 Å². The number of aryl methyl sites for hydroxylation is 1. The number of fused-ring (bicyclic) bond motifs is 1. The molecule has 0 amide bonds. The van der Waals surface area contributed by atoms with E-state index in [1.54, 1.807) is 25.1 Å². The molecular weight excluding hydrogens is 348 g/mol. The summed E-state index contributed by atoms with van der Waals surface area (Å²) in [5.74, 6) is -0.0953. The van der Waals surface area contributed by atoms with Gasteiger partial charge in [-0.1, -0.05) is 15.9 Å². The van der Waals surface area contributed by atoms with Gasteiger partial charge in [0, 0.05) is 15.9 Å². The molecule has 5 nitrogen and oxygen atoms in total. The quantitative estimate of drug-likeness (QED) is 0.518. The fraction of sp³-hybridized carbons (Fsp3) is 0.0625. The molecule has 0 saturated heterocycles. The Balaban J connectivity index is 2.15. The van der Waals surface area contributed by atoms with Crippen LogP contribution in [-0.4, -0.2) is 5.11 Å². The molecule has 0 fully saturated rings. The fourth-order valence-corrected chi connectivity index (χ4v) is 2.34. The zero-order valence-corrected chi connectivity index (χ0v) is 13.2. The molecule has 22 heavy (non-hydrogen) atoms. The molecule has 0 aliphatic carbocycles. The normalized spacial score (nSPS) is 11.4. The molecule has 0 radical (unpaired) electrons. The Hall–Kier alpha value is -2.47. The highest BCUT2D eigenvalue weighted by molar-refractivity contribution is 9.10. The number of hydrogen-bond donors (Lipinski definition) is 1. The van der Waals surface area contributed by atoms with E-state index in [2.05, 4.69) is 26.2 Å². The van der Waals surface area contributed by atoms with Crippen LogP contribution in [-0.2, 0) is 0 Å². The molecule has 1 aromatic heterocycles. The predicted molar refractivity (Wildman–Crippen MR) is 87.2 cm³/mol. The Kier molecular flexibility index (Phi) is 3.77. The molecule has 0 bridgehead atoms. The highest BCUT2D eigenvalue weighted by atomic mass is 79.9. The maximum atomic E-state index is 11.6. The minimum Gasteiger partial charge on any atom is -0.505 e. The fourth-order valence-electron chi connectivity index (χ4n) is 2.07. The van der Waals surface area contributed by atoms with Crippen molar-refractivity contribution in [3.05, 3.63) is 62.9 Å². The lowest BCUT2D eigenvalue weighted by Crippen LogP contribution is -1.97. The van der Waals surface area contributed by atoms with Crippen LogP contribution >= 0.6 is 15.9 Å². The van der Waals surface area contributed by atoms with E-state index in [9.17, 15) is 9.90 Å². The van der Waals surface area contributed by atoms with Crippen LogP contribution in [0, 0.1) is 6.92 Å². The largest absolute Gasteiger partial charge is 0.505 e. The summed E-state index contributed by atoms with van der Waals surface area (Å²) in [6.45, 7) is 1.80. The smallest absolute Gasteiger partial charge is 0.336 e. The second-order valence-electron chi connectivity index (χ2n) is 4.73. The van der Waals surface area contributed by atoms with Crippen molar-refractivity contribution >= 4 is 38.3 Å². The lowest BCUT2D eigenvalue weighted by molar-refractivity contribution is 0.474. The van der Waals surface area contributed by atoms with Crippen LogP contribution < -0.4 is 5.63 Å². The van der Waals surface area contributed by atoms with Crippen molar-refractivity contribution in [2.45, 2.75) is 6.92 Å². The number of rotatable bonds is 2. The topological polar surface area (TPSA) is 75.2 Å². The van der Waals surface area contributed by atoms with Crippen LogP contribution in [0.25, 0.3) is 11.0 Å². The standard InChI is InChI=1S/C16H11BrN2O3/c1-9-8-14(21)22-16-12(9)6-7-13(20)15(16)19-18-11-4-2-10(17)3-5-11/h2-8,20H,1H3. The van der Waals surface area contributed by atoms with Crippen molar-refractivity contribution < 1.29 is 9.52 Å². The van der Waals surface area contributed by atoms with Crippen LogP contribution in [0.4, 0.5) is 11.4 Å². The maximum Gasteiger partial charge on any atom is 0.336 e. The van der Waals surface area contributed by atoms with Gasteiger partial charge in [0.05, 0.1) is 5.69 Å². The molecule has 0 atom stereocenters. The first-order valence-corrected chi connectivity index (χ1v) is 7.27. The van der Waals surface area contributed by atoms with Gasteiger partial charge in [-0.3, -0.25) is 0 Å². The molecule has 0 saturated carbocycles. The molecule has 0 aliphatic heterocycles. The van der Waals surface area contributed by atoms with E-state index in [1.807, 2.05) is 12.1 Å². The second kappa shape index (κ2) is 5.73. The van der Waals surface area contributed by atoms with Crippen LogP contribution in [0.3, 0.4) is 0 Å². The van der Waals surface area contributed by atoms with Crippen molar-refractivity contribution in [3.63, 3.8) is 0 Å². The highest BCUT2D eigenvalue weighted by Gasteiger charge is 2.11. The number of aromatic hydroxyl groups is 1. The third-order valence-corrected chi connectivity index (χ3v) is 3.69. The summed E-state index contributed by atoms with van der Waals surface area (Å²) in [6, 6.07) is 11.8. The molecule has 0 unspecified atom stereocenters. The number of halogens is 1. The Morgan fingerprint density at radius 1 is 1.09 bits per heavy atom. The van der Waals surface area contributed by atoms with Crippen molar-refractivity contribution in [2.75, 3.05) is 0 Å². The molecule has 3 aromatic rings. The Morgan fingerprint density at radius 3 is 2.55 bits per heavy atom. The van der Waals surface area contributed by atoms with Gasteiger partial charge in [-0.15, -0.1) is 5.11 Å². The third-order valence-electron chi connectivity index (χ3n) is 3.16. The summed E-state index contributed by atoms with van der Waals surface area (Å²) in [5.41, 5.74) is 1.25. The van der Waals surface area contributed by atoms with Crippen LogP contribution in [0.15, 0.2) is 66.4 Å². The number of benzene rings is 2. The number of nitrogens with zero attached hydrogens (tertiary/aromatic N) is 2.